The molecule has 1 N–H and O–H groups in total. The van der Waals surface area contributed by atoms with Gasteiger partial charge < -0.3 is 14.4 Å². The zero-order chi connectivity index (χ0) is 12.6. The number of aromatic carboxylic acids is 1. The average Bonchev–Trinajstić information content (AvgIpc) is 2.65. The summed E-state index contributed by atoms with van der Waals surface area (Å²) in [5.41, 5.74) is 0.707. The molecule has 0 spiro atoms. The normalized spacial score (nSPS) is 10.8. The Balaban J connectivity index is 2.78. The van der Waals surface area contributed by atoms with Gasteiger partial charge in [-0.05, 0) is 19.1 Å². The summed E-state index contributed by atoms with van der Waals surface area (Å²) < 4.78 is 20.0. The quantitative estimate of drug-likeness (QED) is 0.892. The molecule has 0 bridgehead atoms. The summed E-state index contributed by atoms with van der Waals surface area (Å²) in [5, 5.41) is 9.70. The first-order valence-electron chi connectivity index (χ1n) is 5.18. The SMILES string of the molecule is CCn1c(C(=O)O)cc2cc(OC)c(F)cc21. The third-order valence-electron chi connectivity index (χ3n) is 2.71. The van der Waals surface area contributed by atoms with E-state index in [0.29, 0.717) is 17.4 Å². The second kappa shape index (κ2) is 4.08. The number of hydrogen-bond donors (Lipinski definition) is 1. The number of ether oxygens (including phenoxy) is 1. The van der Waals surface area contributed by atoms with Crippen LogP contribution in [0.5, 0.6) is 5.75 Å². The first-order chi connectivity index (χ1) is 8.08. The van der Waals surface area contributed by atoms with Crippen molar-refractivity contribution in [3.63, 3.8) is 0 Å². The Morgan fingerprint density at radius 1 is 1.47 bits per heavy atom. The average molecular weight is 237 g/mol. The molecule has 90 valence electrons. The Morgan fingerprint density at radius 3 is 2.71 bits per heavy atom. The molecular formula is C12H12FNO3. The van der Waals surface area contributed by atoms with Gasteiger partial charge in [0.15, 0.2) is 11.6 Å². The van der Waals surface area contributed by atoms with Crippen LogP contribution in [-0.4, -0.2) is 22.8 Å². The summed E-state index contributed by atoms with van der Waals surface area (Å²) in [6, 6.07) is 4.32. The maximum Gasteiger partial charge on any atom is 0.352 e. The fourth-order valence-electron chi connectivity index (χ4n) is 1.94. The van der Waals surface area contributed by atoms with Gasteiger partial charge in [0, 0.05) is 18.0 Å². The molecule has 0 aliphatic rings. The molecule has 2 rings (SSSR count). The Kier molecular flexibility index (Phi) is 2.75. The molecule has 2 aromatic rings. The van der Waals surface area contributed by atoms with E-state index in [1.165, 1.54) is 25.3 Å². The molecule has 4 nitrogen and oxygen atoms in total. The number of rotatable bonds is 3. The van der Waals surface area contributed by atoms with Gasteiger partial charge >= 0.3 is 5.97 Å². The topological polar surface area (TPSA) is 51.5 Å². The molecular weight excluding hydrogens is 225 g/mol. The third-order valence-corrected chi connectivity index (χ3v) is 2.71. The van der Waals surface area contributed by atoms with Crippen LogP contribution in [0.15, 0.2) is 18.2 Å². The number of halogens is 1. The van der Waals surface area contributed by atoms with Gasteiger partial charge in [0.2, 0.25) is 0 Å². The second-order valence-corrected chi connectivity index (χ2v) is 3.62. The molecule has 0 radical (unpaired) electrons. The minimum atomic E-state index is -1.03. The van der Waals surface area contributed by atoms with E-state index in [1.54, 1.807) is 4.57 Å². The minimum Gasteiger partial charge on any atom is -0.494 e. The molecule has 0 saturated heterocycles. The fraction of sp³-hybridized carbons (Fsp3) is 0.250. The van der Waals surface area contributed by atoms with Crippen molar-refractivity contribution in [1.29, 1.82) is 0 Å². The van der Waals surface area contributed by atoms with Crippen LogP contribution in [0.25, 0.3) is 10.9 Å². The van der Waals surface area contributed by atoms with Crippen LogP contribution in [-0.2, 0) is 6.54 Å². The summed E-state index contributed by atoms with van der Waals surface area (Å²) in [5.74, 6) is -1.41. The Morgan fingerprint density at radius 2 is 2.18 bits per heavy atom. The lowest BCUT2D eigenvalue weighted by atomic mass is 10.2. The van der Waals surface area contributed by atoms with E-state index in [1.807, 2.05) is 6.92 Å². The zero-order valence-corrected chi connectivity index (χ0v) is 9.53. The van der Waals surface area contributed by atoms with Crippen molar-refractivity contribution in [3.05, 3.63) is 29.7 Å². The highest BCUT2D eigenvalue weighted by Gasteiger charge is 2.15. The standard InChI is InChI=1S/C12H12FNO3/c1-3-14-9-6-8(13)11(17-2)5-7(9)4-10(14)12(15)16/h4-6H,3H2,1-2H3,(H,15,16). The van der Waals surface area contributed by atoms with E-state index in [9.17, 15) is 9.18 Å². The minimum absolute atomic E-state index is 0.114. The number of carboxylic acids is 1. The highest BCUT2D eigenvalue weighted by molar-refractivity contribution is 5.95. The number of benzene rings is 1. The largest absolute Gasteiger partial charge is 0.494 e. The van der Waals surface area contributed by atoms with E-state index in [0.717, 1.165) is 0 Å². The van der Waals surface area contributed by atoms with Gasteiger partial charge in [-0.3, -0.25) is 0 Å². The number of carboxylic acid groups (broad SMARTS) is 1. The van der Waals surface area contributed by atoms with Crippen molar-refractivity contribution < 1.29 is 19.0 Å². The van der Waals surface area contributed by atoms with E-state index >= 15 is 0 Å². The molecule has 0 atom stereocenters. The first-order valence-corrected chi connectivity index (χ1v) is 5.18. The van der Waals surface area contributed by atoms with Crippen LogP contribution in [0.2, 0.25) is 0 Å². The number of aryl methyl sites for hydroxylation is 1. The van der Waals surface area contributed by atoms with E-state index < -0.39 is 11.8 Å². The predicted molar refractivity (Wildman–Crippen MR) is 61.1 cm³/mol. The van der Waals surface area contributed by atoms with Crippen LogP contribution < -0.4 is 4.74 Å². The van der Waals surface area contributed by atoms with E-state index in [-0.39, 0.29) is 11.4 Å². The molecule has 17 heavy (non-hydrogen) atoms. The monoisotopic (exact) mass is 237 g/mol. The number of fused-ring (bicyclic) bond motifs is 1. The van der Waals surface area contributed by atoms with Gasteiger partial charge in [-0.1, -0.05) is 0 Å². The second-order valence-electron chi connectivity index (χ2n) is 3.62. The van der Waals surface area contributed by atoms with Gasteiger partial charge in [0.05, 0.1) is 12.6 Å². The molecule has 5 heteroatoms. The maximum atomic E-state index is 13.6. The van der Waals surface area contributed by atoms with Crippen molar-refractivity contribution in [2.24, 2.45) is 0 Å². The van der Waals surface area contributed by atoms with Crippen molar-refractivity contribution in [2.75, 3.05) is 7.11 Å². The molecule has 0 unspecified atom stereocenters. The van der Waals surface area contributed by atoms with Crippen LogP contribution in [0, 0.1) is 5.82 Å². The highest BCUT2D eigenvalue weighted by Crippen LogP contribution is 2.27. The van der Waals surface area contributed by atoms with Crippen molar-refractivity contribution in [2.45, 2.75) is 13.5 Å². The Hall–Kier alpha value is -2.04. The number of nitrogens with zero attached hydrogens (tertiary/aromatic N) is 1. The highest BCUT2D eigenvalue weighted by atomic mass is 19.1. The molecule has 1 heterocycles. The summed E-state index contributed by atoms with van der Waals surface area (Å²) in [4.78, 5) is 11.0. The Labute approximate surface area is 97.2 Å². The molecule has 1 aromatic carbocycles. The summed E-state index contributed by atoms with van der Waals surface area (Å²) in [6.45, 7) is 2.28. The number of hydrogen-bond acceptors (Lipinski definition) is 2. The molecule has 1 aromatic heterocycles. The summed E-state index contributed by atoms with van der Waals surface area (Å²) in [7, 11) is 1.37. The molecule has 0 fully saturated rings. The maximum absolute atomic E-state index is 13.6. The zero-order valence-electron chi connectivity index (χ0n) is 9.53. The van der Waals surface area contributed by atoms with Crippen molar-refractivity contribution in [3.8, 4) is 5.75 Å². The number of methoxy groups -OCH3 is 1. The van der Waals surface area contributed by atoms with Crippen LogP contribution in [0.1, 0.15) is 17.4 Å². The van der Waals surface area contributed by atoms with Crippen LogP contribution in [0.3, 0.4) is 0 Å². The fourth-order valence-corrected chi connectivity index (χ4v) is 1.94. The van der Waals surface area contributed by atoms with Crippen molar-refractivity contribution >= 4 is 16.9 Å². The number of carbonyl (C=O) groups is 1. The Bertz CT molecular complexity index is 589. The molecule has 0 saturated carbocycles. The van der Waals surface area contributed by atoms with Gasteiger partial charge in [-0.2, -0.15) is 0 Å². The predicted octanol–water partition coefficient (Wildman–Crippen LogP) is 2.51. The molecule has 0 aliphatic carbocycles. The van der Waals surface area contributed by atoms with Gasteiger partial charge in [-0.25, -0.2) is 9.18 Å². The van der Waals surface area contributed by atoms with E-state index in [2.05, 4.69) is 0 Å². The molecule has 0 aliphatic heterocycles. The lowest BCUT2D eigenvalue weighted by molar-refractivity contribution is 0.0686. The first kappa shape index (κ1) is 11.4. The summed E-state index contributed by atoms with van der Waals surface area (Å²) in [6.07, 6.45) is 0. The third kappa shape index (κ3) is 1.73. The van der Waals surface area contributed by atoms with E-state index in [4.69, 9.17) is 9.84 Å². The van der Waals surface area contributed by atoms with Gasteiger partial charge in [0.25, 0.3) is 0 Å². The van der Waals surface area contributed by atoms with Crippen molar-refractivity contribution in [1.82, 2.24) is 4.57 Å². The smallest absolute Gasteiger partial charge is 0.352 e. The van der Waals surface area contributed by atoms with Gasteiger partial charge in [-0.15, -0.1) is 0 Å². The van der Waals surface area contributed by atoms with Crippen LogP contribution in [0.4, 0.5) is 4.39 Å². The number of aromatic nitrogens is 1. The molecule has 0 amide bonds. The lowest BCUT2D eigenvalue weighted by Crippen LogP contribution is -2.06. The lowest BCUT2D eigenvalue weighted by Gasteiger charge is -2.05. The van der Waals surface area contributed by atoms with Crippen LogP contribution >= 0.6 is 0 Å². The van der Waals surface area contributed by atoms with Gasteiger partial charge in [0.1, 0.15) is 5.69 Å². The summed E-state index contributed by atoms with van der Waals surface area (Å²) >= 11 is 0.